The van der Waals surface area contributed by atoms with Crippen LogP contribution in [0.1, 0.15) is 18.6 Å². The third-order valence-corrected chi connectivity index (χ3v) is 4.69. The Bertz CT molecular complexity index is 570. The third kappa shape index (κ3) is 3.75. The van der Waals surface area contributed by atoms with E-state index >= 15 is 0 Å². The number of hydrogen-bond acceptors (Lipinski definition) is 3. The van der Waals surface area contributed by atoms with E-state index in [9.17, 15) is 5.11 Å². The maximum Gasteiger partial charge on any atom is 0.119 e. The highest BCUT2D eigenvalue weighted by Gasteiger charge is 2.07. The number of benzene rings is 2. The van der Waals surface area contributed by atoms with Gasteiger partial charge in [-0.25, -0.2) is 0 Å². The van der Waals surface area contributed by atoms with Crippen molar-refractivity contribution in [2.75, 3.05) is 7.11 Å². The lowest BCUT2D eigenvalue weighted by Gasteiger charge is -2.09. The second kappa shape index (κ2) is 6.46. The number of hydrogen-bond donors (Lipinski definition) is 1. The highest BCUT2D eigenvalue weighted by Crippen LogP contribution is 2.36. The maximum absolute atomic E-state index is 9.55. The van der Waals surface area contributed by atoms with Crippen molar-refractivity contribution in [1.82, 2.24) is 0 Å². The predicted molar refractivity (Wildman–Crippen MR) is 81.9 cm³/mol. The third-order valence-electron chi connectivity index (χ3n) is 2.71. The second-order valence-corrected chi connectivity index (χ2v) is 6.12. The van der Waals surface area contributed by atoms with E-state index in [1.165, 1.54) is 0 Å². The Balaban J connectivity index is 2.23. The monoisotopic (exact) mass is 338 g/mol. The van der Waals surface area contributed by atoms with Gasteiger partial charge in [-0.05, 0) is 58.7 Å². The van der Waals surface area contributed by atoms with E-state index in [1.807, 2.05) is 42.5 Å². The average molecular weight is 339 g/mol. The van der Waals surface area contributed by atoms with Crippen LogP contribution >= 0.6 is 27.7 Å². The summed E-state index contributed by atoms with van der Waals surface area (Å²) in [7, 11) is 1.66. The van der Waals surface area contributed by atoms with Gasteiger partial charge in [-0.15, -0.1) is 0 Å². The summed E-state index contributed by atoms with van der Waals surface area (Å²) < 4.78 is 6.20. The minimum atomic E-state index is -0.452. The summed E-state index contributed by atoms with van der Waals surface area (Å²) in [6, 6.07) is 13.8. The van der Waals surface area contributed by atoms with Crippen LogP contribution in [0.25, 0.3) is 0 Å². The minimum absolute atomic E-state index is 0.452. The number of aliphatic hydroxyl groups is 1. The van der Waals surface area contributed by atoms with E-state index in [2.05, 4.69) is 15.9 Å². The van der Waals surface area contributed by atoms with Crippen LogP contribution in [-0.2, 0) is 0 Å². The topological polar surface area (TPSA) is 29.5 Å². The van der Waals surface area contributed by atoms with Gasteiger partial charge >= 0.3 is 0 Å². The molecule has 0 saturated heterocycles. The summed E-state index contributed by atoms with van der Waals surface area (Å²) >= 11 is 5.20. The SMILES string of the molecule is COc1cccc(Sc2ccc([C@@H](C)O)cc2Br)c1. The number of aliphatic hydroxyl groups excluding tert-OH is 1. The van der Waals surface area contributed by atoms with Crippen molar-refractivity contribution in [2.24, 2.45) is 0 Å². The van der Waals surface area contributed by atoms with Crippen molar-refractivity contribution in [3.8, 4) is 5.75 Å². The molecular weight excluding hydrogens is 324 g/mol. The van der Waals surface area contributed by atoms with Crippen LogP contribution in [0.5, 0.6) is 5.75 Å². The Morgan fingerprint density at radius 2 is 2.00 bits per heavy atom. The van der Waals surface area contributed by atoms with Crippen molar-refractivity contribution >= 4 is 27.7 Å². The van der Waals surface area contributed by atoms with Gasteiger partial charge in [-0.3, -0.25) is 0 Å². The first-order valence-corrected chi connectivity index (χ1v) is 7.50. The molecule has 0 radical (unpaired) electrons. The van der Waals surface area contributed by atoms with Gasteiger partial charge in [0.25, 0.3) is 0 Å². The highest BCUT2D eigenvalue weighted by molar-refractivity contribution is 9.10. The van der Waals surface area contributed by atoms with Crippen molar-refractivity contribution in [2.45, 2.75) is 22.8 Å². The lowest BCUT2D eigenvalue weighted by Crippen LogP contribution is -1.91. The minimum Gasteiger partial charge on any atom is -0.497 e. The van der Waals surface area contributed by atoms with Crippen LogP contribution < -0.4 is 4.74 Å². The molecule has 1 atom stereocenters. The highest BCUT2D eigenvalue weighted by atomic mass is 79.9. The molecule has 1 N–H and O–H groups in total. The molecule has 0 saturated carbocycles. The van der Waals surface area contributed by atoms with Gasteiger partial charge in [0.1, 0.15) is 5.75 Å². The second-order valence-electron chi connectivity index (χ2n) is 4.15. The molecule has 0 heterocycles. The first-order chi connectivity index (χ1) is 9.10. The Morgan fingerprint density at radius 3 is 2.63 bits per heavy atom. The van der Waals surface area contributed by atoms with Crippen LogP contribution in [0.15, 0.2) is 56.7 Å². The van der Waals surface area contributed by atoms with E-state index < -0.39 is 6.10 Å². The van der Waals surface area contributed by atoms with Crippen molar-refractivity contribution in [1.29, 1.82) is 0 Å². The quantitative estimate of drug-likeness (QED) is 0.878. The summed E-state index contributed by atoms with van der Waals surface area (Å²) in [6.45, 7) is 1.76. The zero-order valence-corrected chi connectivity index (χ0v) is 13.2. The molecule has 0 amide bonds. The summed E-state index contributed by atoms with van der Waals surface area (Å²) in [5.41, 5.74) is 0.905. The lowest BCUT2D eigenvalue weighted by molar-refractivity contribution is 0.199. The molecule has 0 unspecified atom stereocenters. The number of ether oxygens (including phenoxy) is 1. The molecule has 0 spiro atoms. The maximum atomic E-state index is 9.55. The van der Waals surface area contributed by atoms with Gasteiger partial charge in [-0.1, -0.05) is 23.9 Å². The van der Waals surface area contributed by atoms with Gasteiger partial charge in [-0.2, -0.15) is 0 Å². The molecule has 0 aliphatic heterocycles. The van der Waals surface area contributed by atoms with Crippen molar-refractivity contribution in [3.05, 3.63) is 52.5 Å². The average Bonchev–Trinajstić information content (AvgIpc) is 2.41. The van der Waals surface area contributed by atoms with E-state index in [4.69, 9.17) is 4.74 Å². The van der Waals surface area contributed by atoms with E-state index in [0.717, 1.165) is 25.6 Å². The van der Waals surface area contributed by atoms with Gasteiger partial charge < -0.3 is 9.84 Å². The molecule has 2 nitrogen and oxygen atoms in total. The van der Waals surface area contributed by atoms with Crippen LogP contribution in [0.4, 0.5) is 0 Å². The molecule has 19 heavy (non-hydrogen) atoms. The van der Waals surface area contributed by atoms with Crippen LogP contribution in [0.2, 0.25) is 0 Å². The molecule has 2 aromatic rings. The molecule has 0 aromatic heterocycles. The molecule has 0 aliphatic carbocycles. The normalized spacial score (nSPS) is 12.2. The van der Waals surface area contributed by atoms with Crippen LogP contribution in [0.3, 0.4) is 0 Å². The lowest BCUT2D eigenvalue weighted by atomic mass is 10.1. The summed E-state index contributed by atoms with van der Waals surface area (Å²) in [5.74, 6) is 0.849. The largest absolute Gasteiger partial charge is 0.497 e. The standard InChI is InChI=1S/C15H15BrO2S/c1-10(17)11-6-7-15(14(16)8-11)19-13-5-3-4-12(9-13)18-2/h3-10,17H,1-2H3/t10-/m1/s1. The van der Waals surface area contributed by atoms with E-state index in [-0.39, 0.29) is 0 Å². The molecule has 0 aliphatic rings. The molecule has 0 fully saturated rings. The van der Waals surface area contributed by atoms with Gasteiger partial charge in [0, 0.05) is 14.3 Å². The van der Waals surface area contributed by atoms with E-state index in [1.54, 1.807) is 25.8 Å². The fraction of sp³-hybridized carbons (Fsp3) is 0.200. The van der Waals surface area contributed by atoms with E-state index in [0.29, 0.717) is 0 Å². The fourth-order valence-electron chi connectivity index (χ4n) is 1.65. The smallest absolute Gasteiger partial charge is 0.119 e. The fourth-order valence-corrected chi connectivity index (χ4v) is 3.16. The van der Waals surface area contributed by atoms with Gasteiger partial charge in [0.05, 0.1) is 13.2 Å². The molecule has 2 aromatic carbocycles. The number of halogens is 1. The molecular formula is C15H15BrO2S. The molecule has 2 rings (SSSR count). The van der Waals surface area contributed by atoms with Gasteiger partial charge in [0.2, 0.25) is 0 Å². The molecule has 0 bridgehead atoms. The Labute approximate surface area is 125 Å². The van der Waals surface area contributed by atoms with Gasteiger partial charge in [0.15, 0.2) is 0 Å². The zero-order valence-electron chi connectivity index (χ0n) is 10.8. The first-order valence-electron chi connectivity index (χ1n) is 5.89. The predicted octanol–water partition coefficient (Wildman–Crippen LogP) is 4.66. The van der Waals surface area contributed by atoms with Crippen molar-refractivity contribution < 1.29 is 9.84 Å². The first kappa shape index (κ1) is 14.4. The summed E-state index contributed by atoms with van der Waals surface area (Å²) in [4.78, 5) is 2.22. The summed E-state index contributed by atoms with van der Waals surface area (Å²) in [5, 5.41) is 9.55. The van der Waals surface area contributed by atoms with Crippen LogP contribution in [0, 0.1) is 0 Å². The number of methoxy groups -OCH3 is 1. The Hall–Kier alpha value is -0.970. The van der Waals surface area contributed by atoms with Crippen LogP contribution in [-0.4, -0.2) is 12.2 Å². The number of rotatable bonds is 4. The Morgan fingerprint density at radius 1 is 1.21 bits per heavy atom. The molecule has 100 valence electrons. The van der Waals surface area contributed by atoms with Crippen molar-refractivity contribution in [3.63, 3.8) is 0 Å². The zero-order chi connectivity index (χ0) is 13.8. The summed E-state index contributed by atoms with van der Waals surface area (Å²) in [6.07, 6.45) is -0.452. The Kier molecular flexibility index (Phi) is 4.91. The molecule has 4 heteroatoms.